The Kier molecular flexibility index (Phi) is 7.05. The van der Waals surface area contributed by atoms with Gasteiger partial charge in [0.15, 0.2) is 0 Å². The fourth-order valence-electron chi connectivity index (χ4n) is 5.80. The van der Waals surface area contributed by atoms with Gasteiger partial charge in [-0.15, -0.1) is 30.7 Å². The Labute approximate surface area is 265 Å². The summed E-state index contributed by atoms with van der Waals surface area (Å²) in [5, 5.41) is 36.2. The van der Waals surface area contributed by atoms with E-state index in [-0.39, 0.29) is 0 Å². The molecule has 8 rings (SSSR count). The van der Waals surface area contributed by atoms with Gasteiger partial charge in [-0.3, -0.25) is 0 Å². The smallest absolute Gasteiger partial charge is 0.0936 e. The lowest BCUT2D eigenvalue weighted by Crippen LogP contribution is -1.77. The van der Waals surface area contributed by atoms with Gasteiger partial charge in [-0.25, -0.2) is 0 Å². The molecule has 0 heterocycles. The molecular weight excluding hydrogens is 564 g/mol. The van der Waals surface area contributed by atoms with E-state index in [1.54, 1.807) is 0 Å². The molecule has 0 aliphatic rings. The van der Waals surface area contributed by atoms with Gasteiger partial charge in [0.2, 0.25) is 0 Å². The van der Waals surface area contributed by atoms with Crippen LogP contribution in [0.25, 0.3) is 43.1 Å². The maximum absolute atomic E-state index is 4.71. The van der Waals surface area contributed by atoms with Crippen LogP contribution in [-0.4, -0.2) is 0 Å². The molecule has 0 aromatic heterocycles. The van der Waals surface area contributed by atoms with Crippen molar-refractivity contribution < 1.29 is 0 Å². The van der Waals surface area contributed by atoms with E-state index in [0.717, 1.165) is 77.2 Å². The van der Waals surface area contributed by atoms with Gasteiger partial charge in [0.05, 0.1) is 34.1 Å². The van der Waals surface area contributed by atoms with Crippen molar-refractivity contribution in [2.24, 2.45) is 30.7 Å². The number of nitrogens with zero attached hydrogens (tertiary/aromatic N) is 6. The summed E-state index contributed by atoms with van der Waals surface area (Å²) >= 11 is 0. The molecule has 8 aromatic rings. The number of hydrogen-bond acceptors (Lipinski definition) is 6. The van der Waals surface area contributed by atoms with E-state index in [2.05, 4.69) is 56.9 Å². The summed E-state index contributed by atoms with van der Waals surface area (Å²) in [5.41, 5.74) is 4.71. The monoisotopic (exact) mass is 590 g/mol. The Morgan fingerprint density at radius 2 is 0.435 bits per heavy atom. The van der Waals surface area contributed by atoms with E-state index in [1.807, 2.05) is 121 Å². The molecule has 0 aliphatic heterocycles. The van der Waals surface area contributed by atoms with Gasteiger partial charge in [-0.2, -0.15) is 0 Å². The van der Waals surface area contributed by atoms with Crippen molar-refractivity contribution >= 4 is 77.2 Å². The molecule has 8 aromatic carbocycles. The molecule has 0 saturated heterocycles. The van der Waals surface area contributed by atoms with Gasteiger partial charge in [0.1, 0.15) is 0 Å². The lowest BCUT2D eigenvalue weighted by Gasteiger charge is -2.06. The Bertz CT molecular complexity index is 2310. The van der Waals surface area contributed by atoms with Crippen LogP contribution in [0.2, 0.25) is 0 Å². The van der Waals surface area contributed by atoms with E-state index < -0.39 is 0 Å². The molecule has 6 heteroatoms. The predicted octanol–water partition coefficient (Wildman–Crippen LogP) is 13.5. The first-order valence-corrected chi connectivity index (χ1v) is 15.1. The number of fused-ring (bicyclic) bond motifs is 4. The number of hydrogen-bond donors (Lipinski definition) is 0. The van der Waals surface area contributed by atoms with Gasteiger partial charge in [0.25, 0.3) is 0 Å². The van der Waals surface area contributed by atoms with Gasteiger partial charge >= 0.3 is 0 Å². The maximum Gasteiger partial charge on any atom is 0.0936 e. The highest BCUT2D eigenvalue weighted by atomic mass is 15.1. The van der Waals surface area contributed by atoms with E-state index in [1.165, 1.54) is 0 Å². The topological polar surface area (TPSA) is 74.2 Å². The normalized spacial score (nSPS) is 12.1. The maximum atomic E-state index is 4.71. The molecule has 0 saturated carbocycles. The number of azo groups is 3. The standard InChI is InChI=1S/C40H26N6/c1-3-15-29-27(11-1)13-9-21-35(29)41-43-37-23-25-39(33-19-7-5-17-31(33)37)45-46-40-26-24-38(32-18-6-8-20-34(32)40)44-42-36-22-10-14-28-12-2-4-16-30(28)36/h1-26H. The van der Waals surface area contributed by atoms with Crippen LogP contribution in [-0.2, 0) is 0 Å². The molecule has 0 amide bonds. The van der Waals surface area contributed by atoms with Crippen molar-refractivity contribution in [2.75, 3.05) is 0 Å². The number of rotatable bonds is 6. The molecule has 0 radical (unpaired) electrons. The predicted molar refractivity (Wildman–Crippen MR) is 188 cm³/mol. The summed E-state index contributed by atoms with van der Waals surface area (Å²) in [5.74, 6) is 0. The summed E-state index contributed by atoms with van der Waals surface area (Å²) in [4.78, 5) is 0. The average molecular weight is 591 g/mol. The van der Waals surface area contributed by atoms with E-state index >= 15 is 0 Å². The summed E-state index contributed by atoms with van der Waals surface area (Å²) in [6.07, 6.45) is 0. The minimum atomic E-state index is 0.753. The average Bonchev–Trinajstić information content (AvgIpc) is 3.12. The van der Waals surface area contributed by atoms with Crippen LogP contribution in [0.5, 0.6) is 0 Å². The van der Waals surface area contributed by atoms with Crippen molar-refractivity contribution in [3.63, 3.8) is 0 Å². The highest BCUT2D eigenvalue weighted by molar-refractivity contribution is 6.01. The first-order valence-electron chi connectivity index (χ1n) is 15.1. The van der Waals surface area contributed by atoms with E-state index in [0.29, 0.717) is 0 Å². The van der Waals surface area contributed by atoms with Crippen molar-refractivity contribution in [3.05, 3.63) is 158 Å². The summed E-state index contributed by atoms with van der Waals surface area (Å²) in [7, 11) is 0. The third kappa shape index (κ3) is 5.18. The fourth-order valence-corrected chi connectivity index (χ4v) is 5.80. The zero-order chi connectivity index (χ0) is 30.7. The number of benzene rings is 8. The largest absolute Gasteiger partial charge is 0.150 e. The van der Waals surface area contributed by atoms with Crippen LogP contribution in [0, 0.1) is 0 Å². The molecule has 216 valence electrons. The van der Waals surface area contributed by atoms with Crippen molar-refractivity contribution in [1.29, 1.82) is 0 Å². The molecule has 0 aliphatic carbocycles. The second kappa shape index (κ2) is 11.9. The lowest BCUT2D eigenvalue weighted by atomic mass is 10.1. The molecule has 0 spiro atoms. The molecule has 0 bridgehead atoms. The van der Waals surface area contributed by atoms with Gasteiger partial charge < -0.3 is 0 Å². The minimum absolute atomic E-state index is 0.753. The first kappa shape index (κ1) is 27.2. The van der Waals surface area contributed by atoms with Crippen LogP contribution in [0.1, 0.15) is 0 Å². The Morgan fingerprint density at radius 3 is 0.761 bits per heavy atom. The SMILES string of the molecule is c1ccc2c(N=Nc3ccc(N=Nc4ccc(N=Nc5cccc6ccccc56)c5ccccc45)c4ccccc34)cccc2c1. The van der Waals surface area contributed by atoms with Gasteiger partial charge in [-0.05, 0) is 47.2 Å². The Hall–Kier alpha value is -6.40. The summed E-state index contributed by atoms with van der Waals surface area (Å²) in [6, 6.07) is 52.4. The first-order chi connectivity index (χ1) is 22.8. The van der Waals surface area contributed by atoms with E-state index in [4.69, 9.17) is 10.2 Å². The van der Waals surface area contributed by atoms with Gasteiger partial charge in [0, 0.05) is 32.3 Å². The van der Waals surface area contributed by atoms with Crippen LogP contribution < -0.4 is 0 Å². The summed E-state index contributed by atoms with van der Waals surface area (Å²) < 4.78 is 0. The summed E-state index contributed by atoms with van der Waals surface area (Å²) in [6.45, 7) is 0. The molecular formula is C40H26N6. The highest BCUT2D eigenvalue weighted by Gasteiger charge is 2.09. The van der Waals surface area contributed by atoms with Crippen molar-refractivity contribution in [1.82, 2.24) is 0 Å². The lowest BCUT2D eigenvalue weighted by molar-refractivity contribution is 1.23. The van der Waals surface area contributed by atoms with Crippen LogP contribution in [0.4, 0.5) is 34.1 Å². The Morgan fingerprint density at radius 1 is 0.196 bits per heavy atom. The zero-order valence-electron chi connectivity index (χ0n) is 24.7. The highest BCUT2D eigenvalue weighted by Crippen LogP contribution is 2.39. The van der Waals surface area contributed by atoms with Crippen LogP contribution in [0.3, 0.4) is 0 Å². The zero-order valence-corrected chi connectivity index (χ0v) is 24.7. The van der Waals surface area contributed by atoms with Gasteiger partial charge in [-0.1, -0.05) is 121 Å². The Balaban J connectivity index is 1.13. The fraction of sp³-hybridized carbons (Fsp3) is 0. The second-order valence-electron chi connectivity index (χ2n) is 10.9. The molecule has 0 atom stereocenters. The second-order valence-corrected chi connectivity index (χ2v) is 10.9. The molecule has 46 heavy (non-hydrogen) atoms. The third-order valence-electron chi connectivity index (χ3n) is 8.09. The quantitative estimate of drug-likeness (QED) is 0.173. The molecule has 0 unspecified atom stereocenters. The molecule has 6 nitrogen and oxygen atoms in total. The van der Waals surface area contributed by atoms with Crippen molar-refractivity contribution in [2.45, 2.75) is 0 Å². The van der Waals surface area contributed by atoms with E-state index in [9.17, 15) is 0 Å². The van der Waals surface area contributed by atoms with Crippen LogP contribution in [0.15, 0.2) is 188 Å². The molecule has 0 N–H and O–H groups in total. The van der Waals surface area contributed by atoms with Crippen molar-refractivity contribution in [3.8, 4) is 0 Å². The molecule has 0 fully saturated rings. The minimum Gasteiger partial charge on any atom is -0.150 e. The van der Waals surface area contributed by atoms with Crippen LogP contribution >= 0.6 is 0 Å². The third-order valence-corrected chi connectivity index (χ3v) is 8.09.